The lowest BCUT2D eigenvalue weighted by Gasteiger charge is -2.37. The summed E-state index contributed by atoms with van der Waals surface area (Å²) in [7, 11) is 0. The van der Waals surface area contributed by atoms with E-state index in [1.54, 1.807) is 37.3 Å². The summed E-state index contributed by atoms with van der Waals surface area (Å²) in [6.45, 7) is 8.26. The quantitative estimate of drug-likeness (QED) is 0.300. The van der Waals surface area contributed by atoms with Crippen molar-refractivity contribution in [2.24, 2.45) is 17.8 Å². The maximum absolute atomic E-state index is 13.9. The van der Waals surface area contributed by atoms with Crippen LogP contribution in [0.2, 0.25) is 0 Å². The third-order valence-electron chi connectivity index (χ3n) is 8.28. The first-order valence-corrected chi connectivity index (χ1v) is 13.0. The molecule has 0 radical (unpaired) electrons. The number of dihydropyridines is 1. The van der Waals surface area contributed by atoms with Crippen LogP contribution in [0.4, 0.5) is 5.69 Å². The van der Waals surface area contributed by atoms with Gasteiger partial charge >= 0.3 is 5.97 Å². The van der Waals surface area contributed by atoms with E-state index in [0.29, 0.717) is 39.9 Å². The van der Waals surface area contributed by atoms with Crippen molar-refractivity contribution in [3.8, 4) is 0 Å². The molecule has 1 saturated carbocycles. The number of nitrogens with zero attached hydrogens (tertiary/aromatic N) is 1. The molecule has 2 aliphatic carbocycles. The fourth-order valence-electron chi connectivity index (χ4n) is 6.09. The van der Waals surface area contributed by atoms with Gasteiger partial charge in [0.1, 0.15) is 6.10 Å². The molecule has 1 heterocycles. The van der Waals surface area contributed by atoms with Crippen LogP contribution >= 0.6 is 0 Å². The van der Waals surface area contributed by atoms with Crippen molar-refractivity contribution < 1.29 is 19.2 Å². The molecule has 2 aromatic carbocycles. The number of fused-ring (bicyclic) bond motifs is 2. The first kappa shape index (κ1) is 24.9. The minimum Gasteiger partial charge on any atom is -0.459 e. The molecule has 0 bridgehead atoms. The molecule has 0 aromatic heterocycles. The van der Waals surface area contributed by atoms with Gasteiger partial charge in [0, 0.05) is 34.0 Å². The fraction of sp³-hybridized carbons (Fsp3) is 0.400. The van der Waals surface area contributed by atoms with Crippen molar-refractivity contribution in [2.45, 2.75) is 59.0 Å². The Labute approximate surface area is 216 Å². The molecule has 2 aromatic rings. The molecule has 0 saturated heterocycles. The molecule has 5 rings (SSSR count). The summed E-state index contributed by atoms with van der Waals surface area (Å²) < 4.78 is 6.17. The van der Waals surface area contributed by atoms with Gasteiger partial charge in [-0.3, -0.25) is 14.9 Å². The van der Waals surface area contributed by atoms with Gasteiger partial charge in [0.2, 0.25) is 0 Å². The van der Waals surface area contributed by atoms with Gasteiger partial charge in [-0.25, -0.2) is 4.79 Å². The monoisotopic (exact) mass is 500 g/mol. The van der Waals surface area contributed by atoms with E-state index in [2.05, 4.69) is 26.1 Å². The number of ether oxygens (including phenoxy) is 1. The Kier molecular flexibility index (Phi) is 6.48. The number of nitro benzene ring substituents is 1. The first-order chi connectivity index (χ1) is 17.7. The number of ketones is 1. The number of nitrogens with one attached hydrogen (secondary N) is 1. The number of carbonyl (C=O) groups excluding carboxylic acids is 2. The normalized spacial score (nSPS) is 25.1. The van der Waals surface area contributed by atoms with Crippen molar-refractivity contribution in [2.75, 3.05) is 0 Å². The smallest absolute Gasteiger partial charge is 0.337 e. The lowest BCUT2D eigenvalue weighted by Crippen LogP contribution is -2.36. The minimum absolute atomic E-state index is 0.131. The highest BCUT2D eigenvalue weighted by Crippen LogP contribution is 2.49. The molecule has 0 spiro atoms. The maximum Gasteiger partial charge on any atom is 0.337 e. The minimum atomic E-state index is -0.912. The van der Waals surface area contributed by atoms with E-state index in [9.17, 15) is 19.7 Å². The molecule has 4 atom stereocenters. The van der Waals surface area contributed by atoms with Crippen molar-refractivity contribution in [3.05, 3.63) is 92.2 Å². The first-order valence-electron chi connectivity index (χ1n) is 13.0. The van der Waals surface area contributed by atoms with Crippen LogP contribution in [0.3, 0.4) is 0 Å². The number of hydrogen-bond acceptors (Lipinski definition) is 6. The standard InChI is InChI=1S/C30H32N2O5/c1-16(2)19-14-13-17(3)24(15-19)37-30(34)25-18(4)31-28-20-9-5-6-10-21(20)29(33)27(28)26(25)22-11-7-8-12-23(22)32(35)36/h5-12,16-17,19,24,26,31H,13-15H2,1-4H3/t17-,19+,24+,26-/m1/s1. The number of nitro groups is 1. The summed E-state index contributed by atoms with van der Waals surface area (Å²) in [6.07, 6.45) is 2.64. The number of para-hydroxylation sites is 1. The van der Waals surface area contributed by atoms with E-state index < -0.39 is 16.8 Å². The zero-order valence-corrected chi connectivity index (χ0v) is 21.6. The van der Waals surface area contributed by atoms with Crippen LogP contribution in [-0.4, -0.2) is 22.8 Å². The van der Waals surface area contributed by atoms with Gasteiger partial charge in [0.05, 0.1) is 22.1 Å². The van der Waals surface area contributed by atoms with Crippen LogP contribution in [0.1, 0.15) is 74.4 Å². The summed E-state index contributed by atoms with van der Waals surface area (Å²) in [5.74, 6) is -0.486. The van der Waals surface area contributed by atoms with Gasteiger partial charge in [-0.15, -0.1) is 0 Å². The SMILES string of the molecule is CC1=C(C(=O)O[C@H]2C[C@@H](C(C)C)CC[C@H]2C)[C@@H](c2ccccc2[N+](=O)[O-])C2=C(N1)c1ccccc1C2=O. The van der Waals surface area contributed by atoms with Gasteiger partial charge in [-0.2, -0.15) is 0 Å². The van der Waals surface area contributed by atoms with Crippen LogP contribution < -0.4 is 5.32 Å². The molecule has 0 unspecified atom stereocenters. The van der Waals surface area contributed by atoms with E-state index in [0.717, 1.165) is 24.8 Å². The molecule has 3 aliphatic rings. The molecule has 37 heavy (non-hydrogen) atoms. The predicted molar refractivity (Wildman–Crippen MR) is 141 cm³/mol. The summed E-state index contributed by atoms with van der Waals surface area (Å²) >= 11 is 0. The summed E-state index contributed by atoms with van der Waals surface area (Å²) in [6, 6.07) is 13.6. The highest BCUT2D eigenvalue weighted by Gasteiger charge is 2.45. The Morgan fingerprint density at radius 2 is 1.76 bits per heavy atom. The number of rotatable bonds is 5. The van der Waals surface area contributed by atoms with Gasteiger partial charge in [0.25, 0.3) is 5.69 Å². The second kappa shape index (κ2) is 9.61. The second-order valence-corrected chi connectivity index (χ2v) is 10.8. The largest absolute Gasteiger partial charge is 0.459 e. The molecule has 1 fully saturated rings. The third kappa shape index (κ3) is 4.26. The molecule has 0 amide bonds. The lowest BCUT2D eigenvalue weighted by molar-refractivity contribution is -0.385. The summed E-state index contributed by atoms with van der Waals surface area (Å²) in [5, 5.41) is 15.3. The fourth-order valence-corrected chi connectivity index (χ4v) is 6.09. The molecule has 7 heteroatoms. The zero-order valence-electron chi connectivity index (χ0n) is 21.6. The van der Waals surface area contributed by atoms with Crippen LogP contribution in [-0.2, 0) is 9.53 Å². The Hall–Kier alpha value is -3.74. The number of hydrogen-bond donors (Lipinski definition) is 1. The Morgan fingerprint density at radius 3 is 2.46 bits per heavy atom. The van der Waals surface area contributed by atoms with E-state index in [-0.39, 0.29) is 29.1 Å². The zero-order chi connectivity index (χ0) is 26.4. The van der Waals surface area contributed by atoms with E-state index in [1.807, 2.05) is 12.1 Å². The Balaban J connectivity index is 1.60. The van der Waals surface area contributed by atoms with Crippen LogP contribution in [0.5, 0.6) is 0 Å². The summed E-state index contributed by atoms with van der Waals surface area (Å²) in [5.41, 5.74) is 3.19. The average Bonchev–Trinajstić information content (AvgIpc) is 3.15. The van der Waals surface area contributed by atoms with Crippen molar-refractivity contribution in [1.82, 2.24) is 5.32 Å². The molecule has 1 N–H and O–H groups in total. The highest BCUT2D eigenvalue weighted by atomic mass is 16.6. The van der Waals surface area contributed by atoms with Gasteiger partial charge < -0.3 is 10.1 Å². The number of esters is 1. The van der Waals surface area contributed by atoms with Crippen LogP contribution in [0, 0.1) is 27.9 Å². The number of allylic oxidation sites excluding steroid dienone is 2. The van der Waals surface area contributed by atoms with Crippen molar-refractivity contribution in [1.29, 1.82) is 0 Å². The predicted octanol–water partition coefficient (Wildman–Crippen LogP) is 6.17. The highest BCUT2D eigenvalue weighted by molar-refractivity contribution is 6.23. The molecular formula is C30H32N2O5. The van der Waals surface area contributed by atoms with E-state index in [1.165, 1.54) is 6.07 Å². The number of carbonyl (C=O) groups is 2. The number of benzene rings is 2. The van der Waals surface area contributed by atoms with Crippen molar-refractivity contribution >= 4 is 23.1 Å². The van der Waals surface area contributed by atoms with E-state index >= 15 is 0 Å². The topological polar surface area (TPSA) is 98.5 Å². The lowest BCUT2D eigenvalue weighted by atomic mass is 9.75. The van der Waals surface area contributed by atoms with Gasteiger partial charge in [-0.05, 0) is 43.9 Å². The summed E-state index contributed by atoms with van der Waals surface area (Å²) in [4.78, 5) is 39.2. The average molecular weight is 501 g/mol. The number of Topliss-reactive ketones (excluding diaryl/α,β-unsaturated/α-hetero) is 1. The van der Waals surface area contributed by atoms with E-state index in [4.69, 9.17) is 4.74 Å². The Bertz CT molecular complexity index is 1360. The third-order valence-corrected chi connectivity index (χ3v) is 8.28. The maximum atomic E-state index is 13.9. The molecule has 7 nitrogen and oxygen atoms in total. The molecule has 1 aliphatic heterocycles. The Morgan fingerprint density at radius 1 is 1.08 bits per heavy atom. The molecular weight excluding hydrogens is 468 g/mol. The van der Waals surface area contributed by atoms with Crippen LogP contribution in [0.15, 0.2) is 65.4 Å². The second-order valence-electron chi connectivity index (χ2n) is 10.8. The van der Waals surface area contributed by atoms with Crippen LogP contribution in [0.25, 0.3) is 5.70 Å². The van der Waals surface area contributed by atoms with Gasteiger partial charge in [-0.1, -0.05) is 63.2 Å². The van der Waals surface area contributed by atoms with Gasteiger partial charge in [0.15, 0.2) is 5.78 Å². The molecule has 192 valence electrons. The van der Waals surface area contributed by atoms with Crippen molar-refractivity contribution in [3.63, 3.8) is 0 Å².